The van der Waals surface area contributed by atoms with Crippen molar-refractivity contribution in [1.29, 1.82) is 0 Å². The van der Waals surface area contributed by atoms with E-state index in [0.29, 0.717) is 12.2 Å². The summed E-state index contributed by atoms with van der Waals surface area (Å²) in [7, 11) is 0. The third-order valence-electron chi connectivity index (χ3n) is 5.16. The molecule has 0 aliphatic carbocycles. The Morgan fingerprint density at radius 2 is 1.58 bits per heavy atom. The topological polar surface area (TPSA) is 18.5 Å². The van der Waals surface area contributed by atoms with Crippen molar-refractivity contribution in [1.82, 2.24) is 0 Å². The van der Waals surface area contributed by atoms with Gasteiger partial charge >= 0.3 is 0 Å². The zero-order valence-corrected chi connectivity index (χ0v) is 16.4. The molecule has 31 heavy (non-hydrogen) atoms. The van der Waals surface area contributed by atoms with Crippen LogP contribution < -0.4 is 0 Å². The zero-order chi connectivity index (χ0) is 22.1. The minimum Gasteiger partial charge on any atom is -0.373 e. The van der Waals surface area contributed by atoms with Crippen LogP contribution in [0.5, 0.6) is 0 Å². The first kappa shape index (κ1) is 21.3. The largest absolute Gasteiger partial charge is 0.373 e. The summed E-state index contributed by atoms with van der Waals surface area (Å²) < 4.78 is 80.9. The van der Waals surface area contributed by atoms with Gasteiger partial charge < -0.3 is 9.47 Å². The van der Waals surface area contributed by atoms with Crippen molar-refractivity contribution in [2.45, 2.75) is 25.6 Å². The smallest absolute Gasteiger partial charge is 0.195 e. The van der Waals surface area contributed by atoms with E-state index in [1.807, 2.05) is 6.92 Å². The van der Waals surface area contributed by atoms with Gasteiger partial charge in [-0.2, -0.15) is 0 Å². The summed E-state index contributed by atoms with van der Waals surface area (Å²) >= 11 is 0. The molecule has 1 aliphatic rings. The molecule has 0 aromatic heterocycles. The van der Waals surface area contributed by atoms with E-state index < -0.39 is 40.8 Å². The maximum atomic E-state index is 14.5. The van der Waals surface area contributed by atoms with E-state index in [4.69, 9.17) is 9.47 Å². The zero-order valence-electron chi connectivity index (χ0n) is 16.4. The van der Waals surface area contributed by atoms with Crippen LogP contribution in [0.15, 0.2) is 36.4 Å². The predicted octanol–water partition coefficient (Wildman–Crippen LogP) is 5.80. The summed E-state index contributed by atoms with van der Waals surface area (Å²) in [5, 5.41) is -0.0366. The molecule has 1 saturated heterocycles. The molecule has 1 heterocycles. The molecule has 1 aliphatic heterocycles. The van der Waals surface area contributed by atoms with Crippen LogP contribution >= 0.6 is 0 Å². The number of benzene rings is 3. The minimum atomic E-state index is -1.56. The molecule has 0 N–H and O–H groups in total. The summed E-state index contributed by atoms with van der Waals surface area (Å²) in [5.41, 5.74) is 0.132. The molecule has 0 bridgehead atoms. The molecule has 0 unspecified atom stereocenters. The van der Waals surface area contributed by atoms with Gasteiger partial charge in [-0.05, 0) is 47.7 Å². The van der Waals surface area contributed by atoms with E-state index in [0.717, 1.165) is 24.6 Å². The Bertz CT molecular complexity index is 1180. The molecule has 0 amide bonds. The molecule has 2 atom stereocenters. The fraction of sp³-hybridized carbons (Fsp3) is 0.250. The van der Waals surface area contributed by atoms with Crippen LogP contribution in [0.25, 0.3) is 10.8 Å². The summed E-state index contributed by atoms with van der Waals surface area (Å²) in [6, 6.07) is 7.05. The van der Waals surface area contributed by atoms with Crippen molar-refractivity contribution in [2.24, 2.45) is 0 Å². The van der Waals surface area contributed by atoms with E-state index in [-0.39, 0.29) is 29.0 Å². The Morgan fingerprint density at radius 3 is 2.23 bits per heavy atom. The van der Waals surface area contributed by atoms with Crippen LogP contribution in [0.4, 0.5) is 22.0 Å². The van der Waals surface area contributed by atoms with Crippen molar-refractivity contribution >= 4 is 10.8 Å². The first-order chi connectivity index (χ1) is 14.9. The van der Waals surface area contributed by atoms with Crippen LogP contribution in [0.2, 0.25) is 0 Å². The molecule has 160 valence electrons. The summed E-state index contributed by atoms with van der Waals surface area (Å²) in [6.45, 7) is 2.51. The van der Waals surface area contributed by atoms with Crippen LogP contribution in [-0.2, 0) is 9.47 Å². The van der Waals surface area contributed by atoms with Gasteiger partial charge in [0.1, 0.15) is 17.7 Å². The second kappa shape index (κ2) is 8.66. The third-order valence-corrected chi connectivity index (χ3v) is 5.16. The van der Waals surface area contributed by atoms with Crippen LogP contribution in [-0.4, -0.2) is 19.3 Å². The van der Waals surface area contributed by atoms with Crippen molar-refractivity contribution in [3.05, 3.63) is 82.2 Å². The third kappa shape index (κ3) is 4.27. The number of halogens is 5. The van der Waals surface area contributed by atoms with Gasteiger partial charge in [0.25, 0.3) is 0 Å². The minimum absolute atomic E-state index is 0.0310. The predicted molar refractivity (Wildman–Crippen MR) is 105 cm³/mol. The molecule has 3 aromatic carbocycles. The highest BCUT2D eigenvalue weighted by Gasteiger charge is 2.24. The lowest BCUT2D eigenvalue weighted by Crippen LogP contribution is -2.30. The highest BCUT2D eigenvalue weighted by atomic mass is 19.2. The molecule has 3 aromatic rings. The molecule has 0 spiro atoms. The fourth-order valence-electron chi connectivity index (χ4n) is 3.39. The van der Waals surface area contributed by atoms with Crippen LogP contribution in [0.3, 0.4) is 0 Å². The molecular weight excluding hydrogens is 415 g/mol. The SMILES string of the molecule is CC[C@@H]1CO[C@@H](c2cc(F)c(C#Cc3ccc4c(F)c(F)c(F)cc4c3)c(F)c2)CO1. The summed E-state index contributed by atoms with van der Waals surface area (Å²) in [6.07, 6.45) is 0.184. The average molecular weight is 432 g/mol. The lowest BCUT2D eigenvalue weighted by atomic mass is 10.0. The maximum Gasteiger partial charge on any atom is 0.195 e. The quantitative estimate of drug-likeness (QED) is 0.289. The number of ether oxygens (including phenoxy) is 2. The average Bonchev–Trinajstić information content (AvgIpc) is 2.77. The summed E-state index contributed by atoms with van der Waals surface area (Å²) in [4.78, 5) is 0. The van der Waals surface area contributed by atoms with Gasteiger partial charge in [-0.1, -0.05) is 24.8 Å². The Balaban J connectivity index is 1.61. The van der Waals surface area contributed by atoms with Crippen LogP contribution in [0, 0.1) is 40.9 Å². The highest BCUT2D eigenvalue weighted by molar-refractivity contribution is 5.84. The molecular formula is C24H17F5O2. The van der Waals surface area contributed by atoms with Gasteiger partial charge in [0.2, 0.25) is 0 Å². The number of fused-ring (bicyclic) bond motifs is 1. The Morgan fingerprint density at radius 1 is 0.839 bits per heavy atom. The first-order valence-electron chi connectivity index (χ1n) is 9.68. The number of hydrogen-bond acceptors (Lipinski definition) is 2. The maximum absolute atomic E-state index is 14.5. The Hall–Kier alpha value is -2.95. The molecule has 0 radical (unpaired) electrons. The monoisotopic (exact) mass is 432 g/mol. The molecule has 4 rings (SSSR count). The van der Waals surface area contributed by atoms with Gasteiger partial charge in [-0.3, -0.25) is 0 Å². The van der Waals surface area contributed by atoms with Gasteiger partial charge in [0.05, 0.1) is 24.9 Å². The van der Waals surface area contributed by atoms with E-state index in [2.05, 4.69) is 11.8 Å². The normalized spacial score (nSPS) is 18.6. The van der Waals surface area contributed by atoms with Gasteiger partial charge in [0, 0.05) is 10.9 Å². The molecule has 1 fully saturated rings. The molecule has 7 heteroatoms. The number of hydrogen-bond donors (Lipinski definition) is 0. The van der Waals surface area contributed by atoms with Crippen molar-refractivity contribution in [2.75, 3.05) is 13.2 Å². The second-order valence-electron chi connectivity index (χ2n) is 7.22. The summed E-state index contributed by atoms with van der Waals surface area (Å²) in [5.74, 6) is -0.922. The Kier molecular flexibility index (Phi) is 5.94. The Labute approximate surface area is 175 Å². The second-order valence-corrected chi connectivity index (χ2v) is 7.22. The molecule has 0 saturated carbocycles. The van der Waals surface area contributed by atoms with Gasteiger partial charge in [-0.25, -0.2) is 22.0 Å². The van der Waals surface area contributed by atoms with Gasteiger partial charge in [0.15, 0.2) is 17.5 Å². The highest BCUT2D eigenvalue weighted by Crippen LogP contribution is 2.27. The van der Waals surface area contributed by atoms with Gasteiger partial charge in [-0.15, -0.1) is 0 Å². The van der Waals surface area contributed by atoms with E-state index in [9.17, 15) is 22.0 Å². The van der Waals surface area contributed by atoms with E-state index in [1.54, 1.807) is 0 Å². The van der Waals surface area contributed by atoms with Crippen LogP contribution in [0.1, 0.15) is 36.1 Å². The van der Waals surface area contributed by atoms with E-state index >= 15 is 0 Å². The van der Waals surface area contributed by atoms with E-state index in [1.165, 1.54) is 18.2 Å². The lowest BCUT2D eigenvalue weighted by Gasteiger charge is -2.29. The molecule has 2 nitrogen and oxygen atoms in total. The van der Waals surface area contributed by atoms with Crippen molar-refractivity contribution < 1.29 is 31.4 Å². The standard InChI is InChI=1S/C24H17F5O2/c1-2-16-11-31-22(12-30-16)15-9-19(25)18(20(26)10-15)6-4-13-3-5-17-14(7-13)8-21(27)24(29)23(17)28/h3,5,7-10,16,22H,2,11-12H2,1H3/t16-,22-/m1/s1. The number of rotatable bonds is 2. The lowest BCUT2D eigenvalue weighted by molar-refractivity contribution is -0.135. The first-order valence-corrected chi connectivity index (χ1v) is 9.68. The van der Waals surface area contributed by atoms with Crippen molar-refractivity contribution in [3.8, 4) is 11.8 Å². The van der Waals surface area contributed by atoms with Crippen molar-refractivity contribution in [3.63, 3.8) is 0 Å². The fourth-order valence-corrected chi connectivity index (χ4v) is 3.39.